The van der Waals surface area contributed by atoms with Crippen LogP contribution in [0.15, 0.2) is 66.2 Å². The van der Waals surface area contributed by atoms with E-state index in [0.29, 0.717) is 11.3 Å². The predicted octanol–water partition coefficient (Wildman–Crippen LogP) is 5.89. The number of halogens is 3. The molecule has 2 N–H and O–H groups in total. The zero-order valence-electron chi connectivity index (χ0n) is 20.8. The number of aryl methyl sites for hydroxylation is 1. The Kier molecular flexibility index (Phi) is 8.76. The second kappa shape index (κ2) is 12.0. The van der Waals surface area contributed by atoms with Crippen molar-refractivity contribution in [3.63, 3.8) is 0 Å². The molecule has 0 saturated heterocycles. The summed E-state index contributed by atoms with van der Waals surface area (Å²) in [6.07, 6.45) is -3.32. The Labute approximate surface area is 217 Å². The molecule has 0 radical (unpaired) electrons. The molecular weight excluding hydrogens is 499 g/mol. The molecule has 38 heavy (non-hydrogen) atoms. The number of benzene rings is 3. The van der Waals surface area contributed by atoms with E-state index in [0.717, 1.165) is 29.3 Å². The molecule has 0 aromatic heterocycles. The number of rotatable bonds is 8. The van der Waals surface area contributed by atoms with Crippen LogP contribution in [0.3, 0.4) is 0 Å². The van der Waals surface area contributed by atoms with Crippen LogP contribution < -0.4 is 20.1 Å². The first-order valence-electron chi connectivity index (χ1n) is 11.3. The maximum absolute atomic E-state index is 12.9. The smallest absolute Gasteiger partial charge is 0.416 e. The molecule has 196 valence electrons. The van der Waals surface area contributed by atoms with Gasteiger partial charge in [0.1, 0.15) is 11.6 Å². The van der Waals surface area contributed by atoms with Crippen molar-refractivity contribution < 1.29 is 32.2 Å². The van der Waals surface area contributed by atoms with Gasteiger partial charge in [0.25, 0.3) is 11.8 Å². The summed E-state index contributed by atoms with van der Waals surface area (Å²) in [6, 6.07) is 15.9. The minimum absolute atomic E-state index is 0.105. The molecular formula is C28H24F3N3O4. The minimum atomic E-state index is -4.57. The Balaban J connectivity index is 1.70. The van der Waals surface area contributed by atoms with Gasteiger partial charge in [-0.25, -0.2) is 0 Å². The van der Waals surface area contributed by atoms with Gasteiger partial charge in [0.2, 0.25) is 0 Å². The normalized spacial score (nSPS) is 11.3. The Morgan fingerprint density at radius 1 is 1.00 bits per heavy atom. The monoisotopic (exact) mass is 523 g/mol. The average molecular weight is 524 g/mol. The van der Waals surface area contributed by atoms with Crippen molar-refractivity contribution in [1.29, 1.82) is 5.26 Å². The lowest BCUT2D eigenvalue weighted by Gasteiger charge is -2.13. The first-order chi connectivity index (χ1) is 18.0. The number of hydrogen-bond donors (Lipinski definition) is 2. The van der Waals surface area contributed by atoms with Crippen LogP contribution in [0, 0.1) is 25.2 Å². The van der Waals surface area contributed by atoms with Gasteiger partial charge in [0, 0.05) is 11.4 Å². The van der Waals surface area contributed by atoms with Crippen molar-refractivity contribution in [2.75, 3.05) is 24.4 Å². The number of carbonyl (C=O) groups is 2. The molecule has 0 atom stereocenters. The lowest BCUT2D eigenvalue weighted by Crippen LogP contribution is -2.21. The van der Waals surface area contributed by atoms with Gasteiger partial charge in [-0.05, 0) is 73.0 Å². The number of methoxy groups -OCH3 is 1. The largest absolute Gasteiger partial charge is 0.493 e. The van der Waals surface area contributed by atoms with Crippen molar-refractivity contribution in [3.8, 4) is 17.6 Å². The molecule has 0 aliphatic rings. The van der Waals surface area contributed by atoms with Gasteiger partial charge in [-0.15, -0.1) is 0 Å². The number of hydrogen-bond acceptors (Lipinski definition) is 5. The second-order valence-electron chi connectivity index (χ2n) is 8.20. The van der Waals surface area contributed by atoms with Gasteiger partial charge >= 0.3 is 6.18 Å². The zero-order chi connectivity index (χ0) is 27.9. The summed E-state index contributed by atoms with van der Waals surface area (Å²) >= 11 is 0. The fourth-order valence-corrected chi connectivity index (χ4v) is 3.40. The van der Waals surface area contributed by atoms with E-state index in [1.54, 1.807) is 12.1 Å². The molecule has 7 nitrogen and oxygen atoms in total. The van der Waals surface area contributed by atoms with Crippen molar-refractivity contribution in [1.82, 2.24) is 0 Å². The molecule has 0 heterocycles. The van der Waals surface area contributed by atoms with E-state index in [1.807, 2.05) is 26.0 Å². The van der Waals surface area contributed by atoms with E-state index in [4.69, 9.17) is 9.47 Å². The van der Waals surface area contributed by atoms with Crippen molar-refractivity contribution in [2.24, 2.45) is 0 Å². The summed E-state index contributed by atoms with van der Waals surface area (Å²) < 4.78 is 49.7. The van der Waals surface area contributed by atoms with Crippen LogP contribution in [-0.2, 0) is 15.8 Å². The number of anilines is 2. The Morgan fingerprint density at radius 2 is 1.74 bits per heavy atom. The Morgan fingerprint density at radius 3 is 2.42 bits per heavy atom. The second-order valence-corrected chi connectivity index (χ2v) is 8.20. The van der Waals surface area contributed by atoms with E-state index >= 15 is 0 Å². The third-order valence-electron chi connectivity index (χ3n) is 5.55. The summed E-state index contributed by atoms with van der Waals surface area (Å²) in [5.74, 6) is -0.751. The average Bonchev–Trinajstić information content (AvgIpc) is 2.88. The highest BCUT2D eigenvalue weighted by Gasteiger charge is 2.30. The molecule has 3 rings (SSSR count). The van der Waals surface area contributed by atoms with Crippen LogP contribution in [0.25, 0.3) is 6.08 Å². The SMILES string of the molecule is COc1cc(/C=C(\C#N)C(=O)Nc2cccc(C(F)(F)F)c2)ccc1OCC(=O)Nc1cccc(C)c1C. The van der Waals surface area contributed by atoms with E-state index < -0.39 is 17.6 Å². The van der Waals surface area contributed by atoms with E-state index in [-0.39, 0.29) is 35.3 Å². The Bertz CT molecular complexity index is 1430. The fourth-order valence-electron chi connectivity index (χ4n) is 3.40. The summed E-state index contributed by atoms with van der Waals surface area (Å²) in [7, 11) is 1.39. The van der Waals surface area contributed by atoms with Crippen molar-refractivity contribution in [2.45, 2.75) is 20.0 Å². The van der Waals surface area contributed by atoms with Crippen LogP contribution in [0.4, 0.5) is 24.5 Å². The number of nitrogens with one attached hydrogen (secondary N) is 2. The van der Waals surface area contributed by atoms with Gasteiger partial charge in [-0.2, -0.15) is 18.4 Å². The highest BCUT2D eigenvalue weighted by Crippen LogP contribution is 2.31. The van der Waals surface area contributed by atoms with Crippen LogP contribution in [0.2, 0.25) is 0 Å². The molecule has 0 fully saturated rings. The molecule has 0 saturated carbocycles. The number of amides is 2. The van der Waals surface area contributed by atoms with Gasteiger partial charge < -0.3 is 20.1 Å². The standard InChI is InChI=1S/C28H24F3N3O4/c1-17-6-4-9-23(18(17)2)34-26(35)16-38-24-11-10-19(13-25(24)37-3)12-20(15-32)27(36)33-22-8-5-7-21(14-22)28(29,30)31/h4-14H,16H2,1-3H3,(H,33,36)(H,34,35)/b20-12+. The number of nitrogens with zero attached hydrogens (tertiary/aromatic N) is 1. The quantitative estimate of drug-likeness (QED) is 0.283. The summed E-state index contributed by atoms with van der Waals surface area (Å²) in [4.78, 5) is 24.9. The van der Waals surface area contributed by atoms with Crippen molar-refractivity contribution in [3.05, 3.63) is 88.5 Å². The maximum Gasteiger partial charge on any atom is 0.416 e. The van der Waals surface area contributed by atoms with Gasteiger partial charge in [-0.1, -0.05) is 24.3 Å². The summed E-state index contributed by atoms with van der Waals surface area (Å²) in [5, 5.41) is 14.5. The highest BCUT2D eigenvalue weighted by molar-refractivity contribution is 6.09. The van der Waals surface area contributed by atoms with E-state index in [2.05, 4.69) is 10.6 Å². The third kappa shape index (κ3) is 7.13. The molecule has 0 spiro atoms. The lowest BCUT2D eigenvalue weighted by molar-refractivity contribution is -0.137. The molecule has 0 unspecified atom stereocenters. The van der Waals surface area contributed by atoms with Crippen LogP contribution in [0.5, 0.6) is 11.5 Å². The fraction of sp³-hybridized carbons (Fsp3) is 0.179. The number of alkyl halides is 3. The molecule has 2 amide bonds. The van der Waals surface area contributed by atoms with Gasteiger partial charge in [-0.3, -0.25) is 9.59 Å². The third-order valence-corrected chi connectivity index (χ3v) is 5.55. The zero-order valence-corrected chi connectivity index (χ0v) is 20.8. The maximum atomic E-state index is 12.9. The number of carbonyl (C=O) groups excluding carboxylic acids is 2. The van der Waals surface area contributed by atoms with Crippen LogP contribution in [-0.4, -0.2) is 25.5 Å². The van der Waals surface area contributed by atoms with E-state index in [1.165, 1.54) is 37.5 Å². The molecule has 3 aromatic carbocycles. The molecule has 0 bridgehead atoms. The number of nitriles is 1. The van der Waals surface area contributed by atoms with Gasteiger partial charge in [0.15, 0.2) is 18.1 Å². The first-order valence-corrected chi connectivity index (χ1v) is 11.3. The van der Waals surface area contributed by atoms with Crippen LogP contribution >= 0.6 is 0 Å². The van der Waals surface area contributed by atoms with Crippen molar-refractivity contribution >= 4 is 29.3 Å². The molecule has 3 aromatic rings. The Hall–Kier alpha value is -4.78. The van der Waals surface area contributed by atoms with Gasteiger partial charge in [0.05, 0.1) is 12.7 Å². The molecule has 10 heteroatoms. The van der Waals surface area contributed by atoms with Crippen LogP contribution in [0.1, 0.15) is 22.3 Å². The lowest BCUT2D eigenvalue weighted by atomic mass is 10.1. The highest BCUT2D eigenvalue weighted by atomic mass is 19.4. The number of ether oxygens (including phenoxy) is 2. The summed E-state index contributed by atoms with van der Waals surface area (Å²) in [6.45, 7) is 3.55. The summed E-state index contributed by atoms with van der Waals surface area (Å²) in [5.41, 5.74) is 1.68. The van der Waals surface area contributed by atoms with E-state index in [9.17, 15) is 28.0 Å². The minimum Gasteiger partial charge on any atom is -0.493 e. The molecule has 0 aliphatic heterocycles. The first kappa shape index (κ1) is 27.8. The molecule has 0 aliphatic carbocycles. The predicted molar refractivity (Wildman–Crippen MR) is 137 cm³/mol. The topological polar surface area (TPSA) is 100 Å².